The Balaban J connectivity index is 1.59. The van der Waals surface area contributed by atoms with E-state index in [9.17, 15) is 13.2 Å². The van der Waals surface area contributed by atoms with Gasteiger partial charge in [0.25, 0.3) is 0 Å². The van der Waals surface area contributed by atoms with E-state index >= 15 is 0 Å². The van der Waals surface area contributed by atoms with E-state index in [2.05, 4.69) is 51.3 Å². The number of hydrogen-bond acceptors (Lipinski definition) is 3. The highest BCUT2D eigenvalue weighted by atomic mass is 19.4. The fraction of sp³-hybridized carbons (Fsp3) is 0.143. The fourth-order valence-corrected chi connectivity index (χ4v) is 3.29. The minimum Gasteiger partial charge on any atom is -0.341 e. The van der Waals surface area contributed by atoms with E-state index in [0.717, 1.165) is 35.3 Å². The summed E-state index contributed by atoms with van der Waals surface area (Å²) in [5.74, 6) is 0.243. The zero-order valence-electron chi connectivity index (χ0n) is 15.0. The third kappa shape index (κ3) is 3.31. The van der Waals surface area contributed by atoms with Crippen molar-refractivity contribution in [1.82, 2.24) is 9.55 Å². The Morgan fingerprint density at radius 3 is 2.54 bits per heavy atom. The molecule has 0 fully saturated rings. The second kappa shape index (κ2) is 6.99. The summed E-state index contributed by atoms with van der Waals surface area (Å²) >= 11 is 0. The normalized spacial score (nSPS) is 12.3. The Hall–Kier alpha value is -3.35. The minimum atomic E-state index is -4.40. The first-order chi connectivity index (χ1) is 13.5. The Morgan fingerprint density at radius 1 is 1.04 bits per heavy atom. The van der Waals surface area contributed by atoms with Gasteiger partial charge in [-0.1, -0.05) is 24.3 Å². The number of anilines is 1. The second-order valence-electron chi connectivity index (χ2n) is 6.34. The molecule has 7 heteroatoms. The number of halogens is 3. The first-order valence-corrected chi connectivity index (χ1v) is 8.80. The van der Waals surface area contributed by atoms with Gasteiger partial charge in [-0.2, -0.15) is 18.3 Å². The van der Waals surface area contributed by atoms with Gasteiger partial charge in [0.2, 0.25) is 0 Å². The summed E-state index contributed by atoms with van der Waals surface area (Å²) in [5.41, 5.74) is 5.08. The lowest BCUT2D eigenvalue weighted by molar-refractivity contribution is -0.137. The first-order valence-electron chi connectivity index (χ1n) is 8.80. The predicted molar refractivity (Wildman–Crippen MR) is 106 cm³/mol. The third-order valence-electron chi connectivity index (χ3n) is 4.60. The van der Waals surface area contributed by atoms with Crippen molar-refractivity contribution in [2.24, 2.45) is 5.10 Å². The quantitative estimate of drug-likeness (QED) is 0.365. The van der Waals surface area contributed by atoms with E-state index in [1.807, 2.05) is 18.2 Å². The van der Waals surface area contributed by atoms with Crippen molar-refractivity contribution in [2.75, 3.05) is 5.43 Å². The molecule has 2 heterocycles. The number of alkyl halides is 3. The zero-order chi connectivity index (χ0) is 19.7. The molecule has 0 saturated carbocycles. The lowest BCUT2D eigenvalue weighted by Crippen LogP contribution is -2.05. The van der Waals surface area contributed by atoms with Crippen LogP contribution in [-0.2, 0) is 12.7 Å². The lowest BCUT2D eigenvalue weighted by atomic mass is 10.1. The number of nitrogens with zero attached hydrogens (tertiary/aromatic N) is 3. The third-order valence-corrected chi connectivity index (χ3v) is 4.60. The van der Waals surface area contributed by atoms with Crippen LogP contribution in [0.15, 0.2) is 65.9 Å². The van der Waals surface area contributed by atoms with Gasteiger partial charge in [-0.05, 0) is 42.8 Å². The molecule has 2 aromatic carbocycles. The van der Waals surface area contributed by atoms with E-state index < -0.39 is 11.7 Å². The average Bonchev–Trinajstić information content (AvgIpc) is 3.01. The largest absolute Gasteiger partial charge is 0.417 e. The summed E-state index contributed by atoms with van der Waals surface area (Å²) in [6, 6.07) is 16.5. The van der Waals surface area contributed by atoms with Gasteiger partial charge < -0.3 is 4.57 Å². The van der Waals surface area contributed by atoms with Crippen LogP contribution in [0, 0.1) is 0 Å². The summed E-state index contributed by atoms with van der Waals surface area (Å²) in [6.45, 7) is 2.99. The van der Waals surface area contributed by atoms with Crippen molar-refractivity contribution in [3.63, 3.8) is 0 Å². The Kier molecular flexibility index (Phi) is 4.50. The standard InChI is InChI=1S/C21H17F3N4/c1-2-28-18-6-4-3-5-16(18)17-11-14(7-9-19(17)28)12-26-27-20-10-8-15(13-25-20)21(22,23)24/h3-13H,2H2,1H3,(H,25,27)/b26-12-. The van der Waals surface area contributed by atoms with E-state index in [1.165, 1.54) is 17.0 Å². The van der Waals surface area contributed by atoms with Crippen LogP contribution in [0.4, 0.5) is 19.0 Å². The highest BCUT2D eigenvalue weighted by Crippen LogP contribution is 2.30. The molecule has 2 aromatic heterocycles. The van der Waals surface area contributed by atoms with Crippen molar-refractivity contribution in [2.45, 2.75) is 19.6 Å². The molecule has 0 amide bonds. The van der Waals surface area contributed by atoms with Gasteiger partial charge >= 0.3 is 6.18 Å². The van der Waals surface area contributed by atoms with E-state index in [4.69, 9.17) is 0 Å². The molecule has 0 unspecified atom stereocenters. The van der Waals surface area contributed by atoms with Crippen molar-refractivity contribution < 1.29 is 13.2 Å². The van der Waals surface area contributed by atoms with Gasteiger partial charge in [0, 0.05) is 34.5 Å². The van der Waals surface area contributed by atoms with Crippen LogP contribution in [-0.4, -0.2) is 15.8 Å². The number of hydrogen-bond donors (Lipinski definition) is 1. The first kappa shape index (κ1) is 18.0. The molecule has 4 rings (SSSR count). The maximum Gasteiger partial charge on any atom is 0.417 e. The Bertz CT molecular complexity index is 1160. The second-order valence-corrected chi connectivity index (χ2v) is 6.34. The van der Waals surface area contributed by atoms with Crippen molar-refractivity contribution in [1.29, 1.82) is 0 Å². The summed E-state index contributed by atoms with van der Waals surface area (Å²) < 4.78 is 40.0. The molecule has 28 heavy (non-hydrogen) atoms. The number of rotatable bonds is 4. The van der Waals surface area contributed by atoms with Crippen molar-refractivity contribution in [3.05, 3.63) is 71.9 Å². The molecule has 1 N–H and O–H groups in total. The molecule has 0 atom stereocenters. The number of benzene rings is 2. The molecular formula is C21H17F3N4. The van der Waals surface area contributed by atoms with Crippen molar-refractivity contribution in [3.8, 4) is 0 Å². The molecule has 0 spiro atoms. The molecule has 0 saturated heterocycles. The molecule has 0 aliphatic rings. The van der Waals surface area contributed by atoms with Crippen molar-refractivity contribution >= 4 is 33.8 Å². The van der Waals surface area contributed by atoms with E-state index in [-0.39, 0.29) is 5.82 Å². The van der Waals surface area contributed by atoms with Gasteiger partial charge in [0.15, 0.2) is 0 Å². The molecule has 4 aromatic rings. The number of nitrogens with one attached hydrogen (secondary N) is 1. The van der Waals surface area contributed by atoms with Crippen LogP contribution in [0.2, 0.25) is 0 Å². The molecule has 0 radical (unpaired) electrons. The highest BCUT2D eigenvalue weighted by Gasteiger charge is 2.30. The topological polar surface area (TPSA) is 42.2 Å². The van der Waals surface area contributed by atoms with Crippen LogP contribution in [0.25, 0.3) is 21.8 Å². The molecule has 0 bridgehead atoms. The maximum absolute atomic E-state index is 12.6. The average molecular weight is 382 g/mol. The number of aromatic nitrogens is 2. The Labute approximate surface area is 159 Å². The summed E-state index contributed by atoms with van der Waals surface area (Å²) in [6.07, 6.45) is -2.00. The number of hydrazone groups is 1. The van der Waals surface area contributed by atoms with Gasteiger partial charge in [-0.3, -0.25) is 5.43 Å². The lowest BCUT2D eigenvalue weighted by Gasteiger charge is -2.06. The van der Waals surface area contributed by atoms with Crippen LogP contribution in [0.5, 0.6) is 0 Å². The molecule has 142 valence electrons. The van der Waals surface area contributed by atoms with Gasteiger partial charge in [0.05, 0.1) is 11.8 Å². The van der Waals surface area contributed by atoms with Crippen LogP contribution < -0.4 is 5.43 Å². The van der Waals surface area contributed by atoms with Gasteiger partial charge in [-0.25, -0.2) is 4.98 Å². The van der Waals surface area contributed by atoms with E-state index in [0.29, 0.717) is 0 Å². The van der Waals surface area contributed by atoms with E-state index in [1.54, 1.807) is 6.21 Å². The fourth-order valence-electron chi connectivity index (χ4n) is 3.29. The SMILES string of the molecule is CCn1c2ccccc2c2cc(/C=N\Nc3ccc(C(F)(F)F)cn3)ccc21. The number of pyridine rings is 1. The van der Waals surface area contributed by atoms with Gasteiger partial charge in [-0.15, -0.1) is 0 Å². The Morgan fingerprint density at radius 2 is 1.82 bits per heavy atom. The summed E-state index contributed by atoms with van der Waals surface area (Å²) in [7, 11) is 0. The summed E-state index contributed by atoms with van der Waals surface area (Å²) in [4.78, 5) is 3.73. The monoisotopic (exact) mass is 382 g/mol. The number of fused-ring (bicyclic) bond motifs is 3. The number of para-hydroxylation sites is 1. The molecular weight excluding hydrogens is 365 g/mol. The maximum atomic E-state index is 12.6. The summed E-state index contributed by atoms with van der Waals surface area (Å²) in [5, 5.41) is 6.40. The highest BCUT2D eigenvalue weighted by molar-refractivity contribution is 6.09. The van der Waals surface area contributed by atoms with Gasteiger partial charge in [0.1, 0.15) is 5.82 Å². The van der Waals surface area contributed by atoms with Crippen LogP contribution in [0.1, 0.15) is 18.1 Å². The van der Waals surface area contributed by atoms with Crippen LogP contribution >= 0.6 is 0 Å². The van der Waals surface area contributed by atoms with Crippen LogP contribution in [0.3, 0.4) is 0 Å². The zero-order valence-corrected chi connectivity index (χ0v) is 15.0. The molecule has 0 aliphatic heterocycles. The molecule has 0 aliphatic carbocycles. The minimum absolute atomic E-state index is 0.243. The number of aryl methyl sites for hydroxylation is 1. The predicted octanol–water partition coefficient (Wildman–Crippen LogP) is 5.67. The molecule has 4 nitrogen and oxygen atoms in total. The smallest absolute Gasteiger partial charge is 0.341 e.